The van der Waals surface area contributed by atoms with Crippen molar-refractivity contribution in [2.24, 2.45) is 5.92 Å². The maximum absolute atomic E-state index is 12.6. The highest BCUT2D eigenvalue weighted by Crippen LogP contribution is 2.24. The van der Waals surface area contributed by atoms with E-state index < -0.39 is 11.9 Å². The van der Waals surface area contributed by atoms with Crippen LogP contribution in [0, 0.1) is 5.92 Å². The second-order valence-corrected chi connectivity index (χ2v) is 5.83. The summed E-state index contributed by atoms with van der Waals surface area (Å²) in [6.45, 7) is 0.803. The zero-order chi connectivity index (χ0) is 17.1. The van der Waals surface area contributed by atoms with E-state index in [0.29, 0.717) is 36.5 Å². The van der Waals surface area contributed by atoms with Crippen molar-refractivity contribution in [1.29, 1.82) is 0 Å². The summed E-state index contributed by atoms with van der Waals surface area (Å²) in [5, 5.41) is 16.1. The number of hydrogen-bond acceptors (Lipinski definition) is 4. The number of H-pyrrole nitrogens is 1. The number of carbonyl (C=O) groups excluding carboxylic acids is 1. The van der Waals surface area contributed by atoms with Gasteiger partial charge in [-0.15, -0.1) is 0 Å². The summed E-state index contributed by atoms with van der Waals surface area (Å²) < 4.78 is 5.19. The molecule has 2 heterocycles. The van der Waals surface area contributed by atoms with Crippen LogP contribution in [0.5, 0.6) is 5.75 Å². The number of ether oxygens (including phenoxy) is 1. The predicted octanol–water partition coefficient (Wildman–Crippen LogP) is 2.02. The third-order valence-corrected chi connectivity index (χ3v) is 4.23. The van der Waals surface area contributed by atoms with Gasteiger partial charge in [0.2, 0.25) is 0 Å². The van der Waals surface area contributed by atoms with Gasteiger partial charge in [0, 0.05) is 18.7 Å². The zero-order valence-corrected chi connectivity index (χ0v) is 13.4. The molecule has 1 aromatic heterocycles. The fourth-order valence-electron chi connectivity index (χ4n) is 2.90. The highest BCUT2D eigenvalue weighted by atomic mass is 16.5. The summed E-state index contributed by atoms with van der Waals surface area (Å²) >= 11 is 0. The summed E-state index contributed by atoms with van der Waals surface area (Å²) in [7, 11) is 1.59. The highest BCUT2D eigenvalue weighted by molar-refractivity contribution is 5.93. The van der Waals surface area contributed by atoms with Gasteiger partial charge >= 0.3 is 5.97 Å². The number of methoxy groups -OCH3 is 1. The molecule has 24 heavy (non-hydrogen) atoms. The molecule has 0 spiro atoms. The Labute approximate surface area is 139 Å². The topological polar surface area (TPSA) is 95.5 Å². The number of aromatic nitrogens is 2. The number of benzene rings is 1. The molecule has 0 bridgehead atoms. The van der Waals surface area contributed by atoms with Crippen LogP contribution in [-0.4, -0.2) is 52.3 Å². The molecule has 1 fully saturated rings. The van der Waals surface area contributed by atoms with Gasteiger partial charge in [-0.25, -0.2) is 0 Å². The van der Waals surface area contributed by atoms with Gasteiger partial charge < -0.3 is 14.7 Å². The number of carboxylic acid groups (broad SMARTS) is 1. The molecule has 1 aliphatic rings. The molecular weight excluding hydrogens is 310 g/mol. The number of nitrogens with one attached hydrogen (secondary N) is 1. The molecule has 1 aromatic carbocycles. The molecule has 1 aliphatic heterocycles. The van der Waals surface area contributed by atoms with Crippen LogP contribution in [0.2, 0.25) is 0 Å². The van der Waals surface area contributed by atoms with Crippen molar-refractivity contribution in [3.05, 3.63) is 36.0 Å². The molecule has 2 N–H and O–H groups in total. The Hall–Kier alpha value is -2.83. The Bertz CT molecular complexity index is 756. The van der Waals surface area contributed by atoms with Crippen LogP contribution in [0.1, 0.15) is 23.3 Å². The molecule has 7 heteroatoms. The molecule has 3 rings (SSSR count). The number of carbonyl (C=O) groups is 2. The Balaban J connectivity index is 1.77. The van der Waals surface area contributed by atoms with E-state index in [0.717, 1.165) is 5.56 Å². The summed E-state index contributed by atoms with van der Waals surface area (Å²) in [6, 6.07) is 9.09. The summed E-state index contributed by atoms with van der Waals surface area (Å²) in [4.78, 5) is 25.3. The Kier molecular flexibility index (Phi) is 4.50. The molecule has 126 valence electrons. The van der Waals surface area contributed by atoms with Crippen molar-refractivity contribution in [2.45, 2.75) is 12.8 Å². The van der Waals surface area contributed by atoms with Crippen LogP contribution >= 0.6 is 0 Å². The van der Waals surface area contributed by atoms with Gasteiger partial charge in [0.15, 0.2) is 0 Å². The van der Waals surface area contributed by atoms with Crippen molar-refractivity contribution in [3.63, 3.8) is 0 Å². The minimum atomic E-state index is -0.853. The quantitative estimate of drug-likeness (QED) is 0.895. The number of likely N-dealkylation sites (tertiary alicyclic amines) is 1. The van der Waals surface area contributed by atoms with E-state index in [2.05, 4.69) is 10.2 Å². The number of amides is 1. The number of nitrogens with zero attached hydrogens (tertiary/aromatic N) is 2. The number of aliphatic carboxylic acids is 1. The molecular formula is C17H19N3O4. The van der Waals surface area contributed by atoms with Gasteiger partial charge in [-0.2, -0.15) is 5.10 Å². The van der Waals surface area contributed by atoms with Crippen LogP contribution in [0.4, 0.5) is 0 Å². The van der Waals surface area contributed by atoms with Crippen LogP contribution < -0.4 is 4.74 Å². The van der Waals surface area contributed by atoms with E-state index in [1.54, 1.807) is 18.1 Å². The van der Waals surface area contributed by atoms with Crippen molar-refractivity contribution in [2.75, 3.05) is 20.2 Å². The second kappa shape index (κ2) is 6.74. The Morgan fingerprint density at radius 1 is 1.38 bits per heavy atom. The summed E-state index contributed by atoms with van der Waals surface area (Å²) in [5.41, 5.74) is 1.84. The van der Waals surface area contributed by atoms with Crippen molar-refractivity contribution in [3.8, 4) is 17.0 Å². The third kappa shape index (κ3) is 3.24. The Morgan fingerprint density at radius 2 is 2.21 bits per heavy atom. The number of carboxylic acids is 1. The van der Waals surface area contributed by atoms with Gasteiger partial charge in [0.1, 0.15) is 11.4 Å². The summed E-state index contributed by atoms with van der Waals surface area (Å²) in [6.07, 6.45) is 1.30. The van der Waals surface area contributed by atoms with Gasteiger partial charge in [0.05, 0.1) is 18.7 Å². The summed E-state index contributed by atoms with van der Waals surface area (Å²) in [5.74, 6) is -0.857. The first-order valence-corrected chi connectivity index (χ1v) is 7.80. The van der Waals surface area contributed by atoms with Gasteiger partial charge in [-0.3, -0.25) is 14.7 Å². The number of piperidine rings is 1. The fourth-order valence-corrected chi connectivity index (χ4v) is 2.90. The fraction of sp³-hybridized carbons (Fsp3) is 0.353. The lowest BCUT2D eigenvalue weighted by Crippen LogP contribution is -2.42. The molecule has 1 saturated heterocycles. The van der Waals surface area contributed by atoms with Crippen molar-refractivity contribution < 1.29 is 19.4 Å². The van der Waals surface area contributed by atoms with E-state index in [9.17, 15) is 9.59 Å². The maximum atomic E-state index is 12.6. The maximum Gasteiger partial charge on any atom is 0.308 e. The standard InChI is InChI=1S/C17H19N3O4/c1-24-13-6-2-4-11(8-13)14-9-15(19-18-14)16(21)20-7-3-5-12(10-20)17(22)23/h2,4,6,8-9,12H,3,5,7,10H2,1H3,(H,18,19)(H,22,23). The Morgan fingerprint density at radius 3 is 2.96 bits per heavy atom. The lowest BCUT2D eigenvalue weighted by Gasteiger charge is -2.30. The first kappa shape index (κ1) is 16.0. The average molecular weight is 329 g/mol. The highest BCUT2D eigenvalue weighted by Gasteiger charge is 2.29. The molecule has 0 radical (unpaired) electrons. The number of aromatic amines is 1. The van der Waals surface area contributed by atoms with Crippen LogP contribution in [0.15, 0.2) is 30.3 Å². The molecule has 1 amide bonds. The van der Waals surface area contributed by atoms with Crippen LogP contribution in [0.3, 0.4) is 0 Å². The zero-order valence-electron chi connectivity index (χ0n) is 13.4. The monoisotopic (exact) mass is 329 g/mol. The number of rotatable bonds is 4. The van der Waals surface area contributed by atoms with Crippen LogP contribution in [-0.2, 0) is 4.79 Å². The molecule has 0 saturated carbocycles. The van der Waals surface area contributed by atoms with E-state index in [1.807, 2.05) is 24.3 Å². The molecule has 1 unspecified atom stereocenters. The first-order valence-electron chi connectivity index (χ1n) is 7.80. The molecule has 7 nitrogen and oxygen atoms in total. The lowest BCUT2D eigenvalue weighted by atomic mass is 9.98. The van der Waals surface area contributed by atoms with Crippen LogP contribution in [0.25, 0.3) is 11.3 Å². The first-order chi connectivity index (χ1) is 11.6. The normalized spacial score (nSPS) is 17.5. The largest absolute Gasteiger partial charge is 0.497 e. The molecule has 0 aliphatic carbocycles. The van der Waals surface area contributed by atoms with Gasteiger partial charge in [0.25, 0.3) is 5.91 Å². The smallest absolute Gasteiger partial charge is 0.308 e. The lowest BCUT2D eigenvalue weighted by molar-refractivity contribution is -0.143. The van der Waals surface area contributed by atoms with Gasteiger partial charge in [-0.05, 0) is 31.0 Å². The van der Waals surface area contributed by atoms with E-state index >= 15 is 0 Å². The minimum absolute atomic E-state index is 0.220. The predicted molar refractivity (Wildman–Crippen MR) is 86.8 cm³/mol. The second-order valence-electron chi connectivity index (χ2n) is 5.83. The average Bonchev–Trinajstić information content (AvgIpc) is 3.11. The number of hydrogen-bond donors (Lipinski definition) is 2. The third-order valence-electron chi connectivity index (χ3n) is 4.23. The van der Waals surface area contributed by atoms with E-state index in [1.165, 1.54) is 0 Å². The van der Waals surface area contributed by atoms with Gasteiger partial charge in [-0.1, -0.05) is 12.1 Å². The van der Waals surface area contributed by atoms with Crippen molar-refractivity contribution >= 4 is 11.9 Å². The minimum Gasteiger partial charge on any atom is -0.497 e. The molecule has 1 atom stereocenters. The van der Waals surface area contributed by atoms with Crippen molar-refractivity contribution in [1.82, 2.24) is 15.1 Å². The van der Waals surface area contributed by atoms with E-state index in [4.69, 9.17) is 9.84 Å². The SMILES string of the molecule is COc1cccc(-c2cc(C(=O)N3CCCC(C(=O)O)C3)[nH]n2)c1. The molecule has 2 aromatic rings. The van der Waals surface area contributed by atoms with E-state index in [-0.39, 0.29) is 12.5 Å².